The molecular weight excluding hydrogens is 347 g/mol. The Kier molecular flexibility index (Phi) is 4.24. The standard InChI is InChI=1S/C15H9BrF3NO/c1-9-6-12(16)3-5-13(9)21-14-4-2-11(15(17,18)19)7-10(14)8-20/h2-7H,1H3. The number of aryl methyl sites for hydroxylation is 1. The van der Waals surface area contributed by atoms with Crippen molar-refractivity contribution < 1.29 is 17.9 Å². The van der Waals surface area contributed by atoms with E-state index >= 15 is 0 Å². The normalized spacial score (nSPS) is 11.0. The lowest BCUT2D eigenvalue weighted by Crippen LogP contribution is -2.05. The van der Waals surface area contributed by atoms with Crippen LogP contribution in [-0.4, -0.2) is 0 Å². The van der Waals surface area contributed by atoms with E-state index in [4.69, 9.17) is 10.00 Å². The molecule has 0 heterocycles. The van der Waals surface area contributed by atoms with E-state index in [1.807, 2.05) is 6.07 Å². The van der Waals surface area contributed by atoms with Crippen LogP contribution in [0.4, 0.5) is 13.2 Å². The molecule has 0 fully saturated rings. The Morgan fingerprint density at radius 2 is 1.76 bits per heavy atom. The molecule has 21 heavy (non-hydrogen) atoms. The Morgan fingerprint density at radius 1 is 1.10 bits per heavy atom. The van der Waals surface area contributed by atoms with E-state index in [-0.39, 0.29) is 11.3 Å². The molecule has 2 aromatic rings. The summed E-state index contributed by atoms with van der Waals surface area (Å²) in [5, 5.41) is 9.00. The van der Waals surface area contributed by atoms with Crippen molar-refractivity contribution in [1.82, 2.24) is 0 Å². The molecule has 0 aromatic heterocycles. The molecule has 0 unspecified atom stereocenters. The minimum Gasteiger partial charge on any atom is -0.456 e. The number of hydrogen-bond donors (Lipinski definition) is 0. The molecule has 0 saturated heterocycles. The third-order valence-electron chi connectivity index (χ3n) is 2.78. The van der Waals surface area contributed by atoms with Crippen LogP contribution in [0.2, 0.25) is 0 Å². The van der Waals surface area contributed by atoms with Crippen molar-refractivity contribution in [1.29, 1.82) is 5.26 Å². The first-order valence-electron chi connectivity index (χ1n) is 5.86. The van der Waals surface area contributed by atoms with Gasteiger partial charge in [-0.15, -0.1) is 0 Å². The predicted molar refractivity (Wildman–Crippen MR) is 75.1 cm³/mol. The molecule has 0 aliphatic rings. The zero-order valence-corrected chi connectivity index (χ0v) is 12.4. The topological polar surface area (TPSA) is 33.0 Å². The van der Waals surface area contributed by atoms with Crippen LogP contribution in [0, 0.1) is 18.3 Å². The second-order valence-corrected chi connectivity index (χ2v) is 5.25. The lowest BCUT2D eigenvalue weighted by molar-refractivity contribution is -0.137. The minimum atomic E-state index is -4.49. The zero-order valence-electron chi connectivity index (χ0n) is 10.8. The van der Waals surface area contributed by atoms with Crippen molar-refractivity contribution in [2.45, 2.75) is 13.1 Å². The summed E-state index contributed by atoms with van der Waals surface area (Å²) in [7, 11) is 0. The molecule has 0 spiro atoms. The van der Waals surface area contributed by atoms with Gasteiger partial charge in [0.1, 0.15) is 17.6 Å². The molecule has 0 N–H and O–H groups in total. The molecule has 0 saturated carbocycles. The van der Waals surface area contributed by atoms with E-state index in [1.54, 1.807) is 25.1 Å². The third kappa shape index (κ3) is 3.56. The summed E-state index contributed by atoms with van der Waals surface area (Å²) in [6, 6.07) is 9.79. The van der Waals surface area contributed by atoms with E-state index in [2.05, 4.69) is 15.9 Å². The number of halogens is 4. The molecule has 0 bridgehead atoms. The number of ether oxygens (including phenoxy) is 1. The number of benzene rings is 2. The molecular formula is C15H9BrF3NO. The molecule has 0 amide bonds. The predicted octanol–water partition coefficient (Wildman–Crippen LogP) is 5.44. The summed E-state index contributed by atoms with van der Waals surface area (Å²) in [6.07, 6.45) is -4.49. The summed E-state index contributed by atoms with van der Waals surface area (Å²) < 4.78 is 44.3. The summed E-state index contributed by atoms with van der Waals surface area (Å²) in [5.41, 5.74) is -0.237. The second kappa shape index (κ2) is 5.78. The van der Waals surface area contributed by atoms with Gasteiger partial charge in [0.05, 0.1) is 11.1 Å². The van der Waals surface area contributed by atoms with Gasteiger partial charge in [-0.25, -0.2) is 0 Å². The highest BCUT2D eigenvalue weighted by molar-refractivity contribution is 9.10. The molecule has 0 radical (unpaired) electrons. The smallest absolute Gasteiger partial charge is 0.416 e. The largest absolute Gasteiger partial charge is 0.456 e. The van der Waals surface area contributed by atoms with E-state index in [9.17, 15) is 13.2 Å². The van der Waals surface area contributed by atoms with Crippen LogP contribution in [0.3, 0.4) is 0 Å². The van der Waals surface area contributed by atoms with Crippen LogP contribution >= 0.6 is 15.9 Å². The highest BCUT2D eigenvalue weighted by Crippen LogP contribution is 2.34. The van der Waals surface area contributed by atoms with Gasteiger partial charge in [-0.2, -0.15) is 18.4 Å². The first-order chi connectivity index (χ1) is 9.81. The average Bonchev–Trinajstić information content (AvgIpc) is 2.41. The molecule has 0 aliphatic carbocycles. The van der Waals surface area contributed by atoms with Crippen LogP contribution in [0.1, 0.15) is 16.7 Å². The van der Waals surface area contributed by atoms with Gasteiger partial charge >= 0.3 is 6.18 Å². The molecule has 2 rings (SSSR count). The van der Waals surface area contributed by atoms with Crippen LogP contribution in [0.15, 0.2) is 40.9 Å². The van der Waals surface area contributed by atoms with Crippen molar-refractivity contribution in [3.8, 4) is 17.6 Å². The molecule has 6 heteroatoms. The van der Waals surface area contributed by atoms with Gasteiger partial charge in [0, 0.05) is 4.47 Å². The van der Waals surface area contributed by atoms with Crippen LogP contribution in [0.25, 0.3) is 0 Å². The van der Waals surface area contributed by atoms with Gasteiger partial charge in [0.25, 0.3) is 0 Å². The number of rotatable bonds is 2. The van der Waals surface area contributed by atoms with Crippen molar-refractivity contribution in [2.24, 2.45) is 0 Å². The van der Waals surface area contributed by atoms with Crippen molar-refractivity contribution in [3.05, 3.63) is 57.6 Å². The SMILES string of the molecule is Cc1cc(Br)ccc1Oc1ccc(C(F)(F)F)cc1C#N. The molecule has 108 valence electrons. The quantitative estimate of drug-likeness (QED) is 0.718. The molecule has 0 atom stereocenters. The van der Waals surface area contributed by atoms with Crippen LogP contribution in [-0.2, 0) is 6.18 Å². The summed E-state index contributed by atoms with van der Waals surface area (Å²) >= 11 is 3.31. The monoisotopic (exact) mass is 355 g/mol. The third-order valence-corrected chi connectivity index (χ3v) is 3.28. The van der Waals surface area contributed by atoms with Crippen LogP contribution in [0.5, 0.6) is 11.5 Å². The first kappa shape index (κ1) is 15.4. The fourth-order valence-electron chi connectivity index (χ4n) is 1.73. The second-order valence-electron chi connectivity index (χ2n) is 4.33. The highest BCUT2D eigenvalue weighted by atomic mass is 79.9. The Labute approximate surface area is 127 Å². The van der Waals surface area contributed by atoms with Gasteiger partial charge in [-0.05, 0) is 48.9 Å². The van der Waals surface area contributed by atoms with Gasteiger partial charge in [0.2, 0.25) is 0 Å². The fourth-order valence-corrected chi connectivity index (χ4v) is 2.20. The maximum Gasteiger partial charge on any atom is 0.416 e. The van der Waals surface area contributed by atoms with Crippen molar-refractivity contribution in [3.63, 3.8) is 0 Å². The lowest BCUT2D eigenvalue weighted by atomic mass is 10.1. The van der Waals surface area contributed by atoms with Gasteiger partial charge < -0.3 is 4.74 Å². The van der Waals surface area contributed by atoms with E-state index < -0.39 is 11.7 Å². The number of alkyl halides is 3. The van der Waals surface area contributed by atoms with Gasteiger partial charge in [-0.1, -0.05) is 15.9 Å². The highest BCUT2D eigenvalue weighted by Gasteiger charge is 2.31. The van der Waals surface area contributed by atoms with E-state index in [0.717, 1.165) is 28.2 Å². The fraction of sp³-hybridized carbons (Fsp3) is 0.133. The van der Waals surface area contributed by atoms with Crippen LogP contribution < -0.4 is 4.74 Å². The first-order valence-corrected chi connectivity index (χ1v) is 6.66. The summed E-state index contributed by atoms with van der Waals surface area (Å²) in [5.74, 6) is 0.574. The molecule has 0 aliphatic heterocycles. The van der Waals surface area contributed by atoms with Crippen molar-refractivity contribution >= 4 is 15.9 Å². The van der Waals surface area contributed by atoms with Gasteiger partial charge in [0.15, 0.2) is 0 Å². The average molecular weight is 356 g/mol. The van der Waals surface area contributed by atoms with Gasteiger partial charge in [-0.3, -0.25) is 0 Å². The Balaban J connectivity index is 2.39. The Bertz CT molecular complexity index is 720. The Morgan fingerprint density at radius 3 is 2.33 bits per heavy atom. The summed E-state index contributed by atoms with van der Waals surface area (Å²) in [6.45, 7) is 1.80. The molecule has 2 nitrogen and oxygen atoms in total. The Hall–Kier alpha value is -2.00. The maximum atomic E-state index is 12.6. The lowest BCUT2D eigenvalue weighted by Gasteiger charge is -2.12. The molecule has 2 aromatic carbocycles. The van der Waals surface area contributed by atoms with E-state index in [0.29, 0.717) is 5.75 Å². The summed E-state index contributed by atoms with van der Waals surface area (Å²) in [4.78, 5) is 0. The zero-order chi connectivity index (χ0) is 15.6. The van der Waals surface area contributed by atoms with Crippen molar-refractivity contribution in [2.75, 3.05) is 0 Å². The number of hydrogen-bond acceptors (Lipinski definition) is 2. The minimum absolute atomic E-state index is 0.0934. The number of nitriles is 1. The van der Waals surface area contributed by atoms with E-state index in [1.165, 1.54) is 0 Å². The number of nitrogens with zero attached hydrogens (tertiary/aromatic N) is 1. The maximum absolute atomic E-state index is 12.6.